The molecule has 1 heterocycles. The van der Waals surface area contributed by atoms with Crippen LogP contribution in [0, 0.1) is 4.77 Å². The van der Waals surface area contributed by atoms with E-state index in [1.54, 1.807) is 0 Å². The summed E-state index contributed by atoms with van der Waals surface area (Å²) >= 11 is 5.46. The predicted molar refractivity (Wildman–Crippen MR) is 86.3 cm³/mol. The van der Waals surface area contributed by atoms with Crippen molar-refractivity contribution in [2.24, 2.45) is 0 Å². The topological polar surface area (TPSA) is 33.6 Å². The average molecular weight is 289 g/mol. The lowest BCUT2D eigenvalue weighted by Gasteiger charge is -2.19. The molecular weight excluding hydrogens is 266 g/mol. The van der Waals surface area contributed by atoms with E-state index in [0.29, 0.717) is 6.04 Å². The van der Waals surface area contributed by atoms with Gasteiger partial charge in [0, 0.05) is 11.6 Å². The fourth-order valence-corrected chi connectivity index (χ4v) is 2.89. The fourth-order valence-electron chi connectivity index (χ4n) is 2.61. The van der Waals surface area contributed by atoms with Gasteiger partial charge in [-0.2, -0.15) is 5.10 Å². The Morgan fingerprint density at radius 3 is 2.55 bits per heavy atom. The van der Waals surface area contributed by atoms with Gasteiger partial charge in [-0.15, -0.1) is 0 Å². The maximum atomic E-state index is 5.46. The van der Waals surface area contributed by atoms with Crippen molar-refractivity contribution in [3.8, 4) is 11.4 Å². The van der Waals surface area contributed by atoms with Gasteiger partial charge in [0.25, 0.3) is 0 Å². The Hall–Kier alpha value is -1.42. The summed E-state index contributed by atoms with van der Waals surface area (Å²) < 4.78 is 2.95. The van der Waals surface area contributed by atoms with Crippen molar-refractivity contribution in [3.63, 3.8) is 0 Å². The highest BCUT2D eigenvalue weighted by atomic mass is 32.1. The van der Waals surface area contributed by atoms with E-state index < -0.39 is 0 Å². The lowest BCUT2D eigenvalue weighted by molar-refractivity contribution is 0.416. The number of hydrogen-bond donors (Lipinski definition) is 1. The molecule has 108 valence electrons. The standard InChI is InChI=1S/C16H23N3S/c1-3-5-12-14(9-4-2)19-15(17-18-16(19)20)13-10-7-6-8-11-13/h6-8,10-11,14H,3-5,9,12H2,1-2H3,(H,18,20). The number of unbranched alkanes of at least 4 members (excludes halogenated alkanes) is 1. The lowest BCUT2D eigenvalue weighted by Crippen LogP contribution is -2.11. The van der Waals surface area contributed by atoms with Crippen molar-refractivity contribution in [2.75, 3.05) is 0 Å². The van der Waals surface area contributed by atoms with Gasteiger partial charge in [-0.05, 0) is 25.1 Å². The first-order chi connectivity index (χ1) is 9.77. The largest absolute Gasteiger partial charge is 0.297 e. The summed E-state index contributed by atoms with van der Waals surface area (Å²) in [7, 11) is 0. The number of benzene rings is 1. The molecule has 4 heteroatoms. The van der Waals surface area contributed by atoms with Crippen molar-refractivity contribution in [1.82, 2.24) is 14.8 Å². The third kappa shape index (κ3) is 3.37. The van der Waals surface area contributed by atoms with E-state index in [2.05, 4.69) is 40.7 Å². The van der Waals surface area contributed by atoms with E-state index in [1.165, 1.54) is 12.8 Å². The summed E-state index contributed by atoms with van der Waals surface area (Å²) in [6.07, 6.45) is 5.92. The molecule has 0 amide bonds. The van der Waals surface area contributed by atoms with Crippen molar-refractivity contribution in [1.29, 1.82) is 0 Å². The van der Waals surface area contributed by atoms with Gasteiger partial charge in [-0.3, -0.25) is 9.67 Å². The van der Waals surface area contributed by atoms with E-state index in [9.17, 15) is 0 Å². The minimum absolute atomic E-state index is 0.446. The number of nitrogens with zero attached hydrogens (tertiary/aromatic N) is 2. The van der Waals surface area contributed by atoms with Crippen LogP contribution in [0.4, 0.5) is 0 Å². The van der Waals surface area contributed by atoms with Crippen LogP contribution in [0.2, 0.25) is 0 Å². The molecule has 2 aromatic rings. The van der Waals surface area contributed by atoms with Crippen LogP contribution in [-0.2, 0) is 0 Å². The minimum atomic E-state index is 0.446. The molecule has 0 bridgehead atoms. The molecule has 1 aromatic carbocycles. The quantitative estimate of drug-likeness (QED) is 0.716. The van der Waals surface area contributed by atoms with E-state index in [-0.39, 0.29) is 0 Å². The number of nitrogens with one attached hydrogen (secondary N) is 1. The molecule has 0 saturated heterocycles. The summed E-state index contributed by atoms with van der Waals surface area (Å²) in [4.78, 5) is 0. The number of aromatic amines is 1. The zero-order chi connectivity index (χ0) is 14.4. The Labute approximate surface area is 126 Å². The van der Waals surface area contributed by atoms with Crippen LogP contribution in [0.3, 0.4) is 0 Å². The first-order valence-corrected chi connectivity index (χ1v) is 7.91. The third-order valence-corrected chi connectivity index (χ3v) is 3.90. The minimum Gasteiger partial charge on any atom is -0.297 e. The van der Waals surface area contributed by atoms with Gasteiger partial charge in [0.05, 0.1) is 0 Å². The van der Waals surface area contributed by atoms with Crippen molar-refractivity contribution >= 4 is 12.2 Å². The molecule has 0 fully saturated rings. The predicted octanol–water partition coefficient (Wildman–Crippen LogP) is 5.14. The molecule has 1 atom stereocenters. The molecule has 0 saturated carbocycles. The van der Waals surface area contributed by atoms with Crippen LogP contribution in [0.25, 0.3) is 11.4 Å². The van der Waals surface area contributed by atoms with Gasteiger partial charge in [-0.1, -0.05) is 63.4 Å². The van der Waals surface area contributed by atoms with Crippen LogP contribution in [0.5, 0.6) is 0 Å². The second-order valence-electron chi connectivity index (χ2n) is 5.17. The van der Waals surface area contributed by atoms with E-state index in [0.717, 1.165) is 35.4 Å². The van der Waals surface area contributed by atoms with Gasteiger partial charge in [0.15, 0.2) is 10.6 Å². The molecule has 3 nitrogen and oxygen atoms in total. The van der Waals surface area contributed by atoms with Crippen molar-refractivity contribution in [2.45, 2.75) is 52.0 Å². The molecule has 0 aliphatic carbocycles. The molecule has 1 N–H and O–H groups in total. The molecule has 0 aliphatic rings. The van der Waals surface area contributed by atoms with Gasteiger partial charge in [-0.25, -0.2) is 0 Å². The summed E-state index contributed by atoms with van der Waals surface area (Å²) in [6.45, 7) is 4.46. The highest BCUT2D eigenvalue weighted by Crippen LogP contribution is 2.27. The van der Waals surface area contributed by atoms with Crippen LogP contribution in [0.1, 0.15) is 52.0 Å². The van der Waals surface area contributed by atoms with Crippen molar-refractivity contribution in [3.05, 3.63) is 35.1 Å². The SMILES string of the molecule is CCCCC(CCC)n1c(-c2ccccc2)n[nH]c1=S. The second kappa shape index (κ2) is 7.39. The molecule has 1 aromatic heterocycles. The average Bonchev–Trinajstić information content (AvgIpc) is 2.86. The zero-order valence-corrected chi connectivity index (χ0v) is 13.1. The van der Waals surface area contributed by atoms with E-state index >= 15 is 0 Å². The first kappa shape index (κ1) is 15.0. The van der Waals surface area contributed by atoms with Gasteiger partial charge >= 0.3 is 0 Å². The monoisotopic (exact) mass is 289 g/mol. The smallest absolute Gasteiger partial charge is 0.195 e. The Balaban J connectivity index is 2.39. The van der Waals surface area contributed by atoms with Crippen LogP contribution >= 0.6 is 12.2 Å². The van der Waals surface area contributed by atoms with Crippen LogP contribution in [0.15, 0.2) is 30.3 Å². The Kier molecular flexibility index (Phi) is 5.53. The third-order valence-electron chi connectivity index (χ3n) is 3.61. The van der Waals surface area contributed by atoms with Gasteiger partial charge < -0.3 is 0 Å². The molecule has 20 heavy (non-hydrogen) atoms. The van der Waals surface area contributed by atoms with Crippen LogP contribution in [-0.4, -0.2) is 14.8 Å². The Morgan fingerprint density at radius 1 is 1.15 bits per heavy atom. The second-order valence-corrected chi connectivity index (χ2v) is 5.56. The fraction of sp³-hybridized carbons (Fsp3) is 0.500. The van der Waals surface area contributed by atoms with Gasteiger partial charge in [0.2, 0.25) is 0 Å². The number of aromatic nitrogens is 3. The van der Waals surface area contributed by atoms with Gasteiger partial charge in [0.1, 0.15) is 0 Å². The summed E-state index contributed by atoms with van der Waals surface area (Å²) in [6, 6.07) is 10.7. The molecule has 0 radical (unpaired) electrons. The Bertz CT molecular complexity index is 571. The number of hydrogen-bond acceptors (Lipinski definition) is 2. The number of H-pyrrole nitrogens is 1. The molecule has 2 rings (SSSR count). The van der Waals surface area contributed by atoms with Crippen LogP contribution < -0.4 is 0 Å². The maximum Gasteiger partial charge on any atom is 0.195 e. The maximum absolute atomic E-state index is 5.46. The number of rotatable bonds is 7. The molecule has 0 spiro atoms. The highest BCUT2D eigenvalue weighted by molar-refractivity contribution is 7.71. The lowest BCUT2D eigenvalue weighted by atomic mass is 10.0. The molecule has 0 aliphatic heterocycles. The first-order valence-electron chi connectivity index (χ1n) is 7.50. The summed E-state index contributed by atoms with van der Waals surface area (Å²) in [5.74, 6) is 0.963. The Morgan fingerprint density at radius 2 is 1.90 bits per heavy atom. The highest BCUT2D eigenvalue weighted by Gasteiger charge is 2.17. The van der Waals surface area contributed by atoms with E-state index in [1.807, 2.05) is 18.2 Å². The summed E-state index contributed by atoms with van der Waals surface area (Å²) in [5.41, 5.74) is 1.12. The zero-order valence-electron chi connectivity index (χ0n) is 12.3. The molecular formula is C16H23N3S. The van der Waals surface area contributed by atoms with Crippen molar-refractivity contribution < 1.29 is 0 Å². The summed E-state index contributed by atoms with van der Waals surface area (Å²) in [5, 5.41) is 7.41. The normalized spacial score (nSPS) is 12.5. The van der Waals surface area contributed by atoms with E-state index in [4.69, 9.17) is 12.2 Å². The molecule has 1 unspecified atom stereocenters.